The number of nitrogens with one attached hydrogen (secondary N) is 1. The molecule has 0 saturated carbocycles. The van der Waals surface area contributed by atoms with Gasteiger partial charge in [0.1, 0.15) is 11.9 Å². The number of hydrogen-bond donors (Lipinski definition) is 1. The second-order valence-corrected chi connectivity index (χ2v) is 11.2. The van der Waals surface area contributed by atoms with Gasteiger partial charge in [0.2, 0.25) is 0 Å². The van der Waals surface area contributed by atoms with Gasteiger partial charge in [-0.25, -0.2) is 13.4 Å². The van der Waals surface area contributed by atoms with E-state index in [9.17, 15) is 8.42 Å². The van der Waals surface area contributed by atoms with Gasteiger partial charge in [-0.1, -0.05) is 48.4 Å². The summed E-state index contributed by atoms with van der Waals surface area (Å²) in [4.78, 5) is 6.48. The standard InChI is InChI=1S/C23H26ClN3O3S2/c1-16-4-3-5-18(12-16)15-27-10-8-21(17(2)14-27)30-22-7-6-19(13-20(22)24)32(28,29)26-23-25-9-11-31-23/h3-7,9,11-13,17,21H,8,10,14-15H2,1-2H3,(H,25,26)/t17-,21+/m0/s1. The van der Waals surface area contributed by atoms with Gasteiger partial charge in [-0.15, -0.1) is 11.3 Å². The van der Waals surface area contributed by atoms with Crippen LogP contribution in [-0.2, 0) is 16.6 Å². The van der Waals surface area contributed by atoms with Crippen molar-refractivity contribution in [3.8, 4) is 5.75 Å². The summed E-state index contributed by atoms with van der Waals surface area (Å²) in [7, 11) is -3.76. The molecule has 1 aromatic heterocycles. The molecule has 2 atom stereocenters. The van der Waals surface area contributed by atoms with E-state index in [-0.39, 0.29) is 16.0 Å². The number of likely N-dealkylation sites (tertiary alicyclic amines) is 1. The van der Waals surface area contributed by atoms with Gasteiger partial charge in [0.15, 0.2) is 5.13 Å². The first kappa shape index (κ1) is 23.0. The van der Waals surface area contributed by atoms with E-state index in [2.05, 4.69) is 52.7 Å². The molecule has 9 heteroatoms. The minimum absolute atomic E-state index is 0.0251. The number of ether oxygens (including phenoxy) is 1. The highest BCUT2D eigenvalue weighted by molar-refractivity contribution is 7.93. The van der Waals surface area contributed by atoms with Crippen molar-refractivity contribution in [3.63, 3.8) is 0 Å². The van der Waals surface area contributed by atoms with Gasteiger partial charge in [0.05, 0.1) is 9.92 Å². The Balaban J connectivity index is 1.38. The van der Waals surface area contributed by atoms with Crippen LogP contribution in [0.15, 0.2) is 58.9 Å². The number of aromatic nitrogens is 1. The molecule has 1 fully saturated rings. The number of rotatable bonds is 7. The van der Waals surface area contributed by atoms with E-state index < -0.39 is 10.0 Å². The fraction of sp³-hybridized carbons (Fsp3) is 0.348. The lowest BCUT2D eigenvalue weighted by molar-refractivity contribution is 0.0490. The molecule has 0 spiro atoms. The maximum Gasteiger partial charge on any atom is 0.263 e. The van der Waals surface area contributed by atoms with Crippen LogP contribution in [0, 0.1) is 12.8 Å². The molecule has 0 radical (unpaired) electrons. The number of piperidine rings is 1. The van der Waals surface area contributed by atoms with Crippen LogP contribution >= 0.6 is 22.9 Å². The number of halogens is 1. The van der Waals surface area contributed by atoms with Crippen LogP contribution in [0.3, 0.4) is 0 Å². The molecule has 2 heterocycles. The van der Waals surface area contributed by atoms with E-state index in [1.54, 1.807) is 17.6 Å². The summed E-state index contributed by atoms with van der Waals surface area (Å²) in [5, 5.41) is 2.30. The molecule has 4 rings (SSSR count). The van der Waals surface area contributed by atoms with Crippen molar-refractivity contribution in [1.82, 2.24) is 9.88 Å². The molecule has 6 nitrogen and oxygen atoms in total. The van der Waals surface area contributed by atoms with Gasteiger partial charge in [-0.2, -0.15) is 0 Å². The molecule has 0 bridgehead atoms. The molecule has 1 aliphatic heterocycles. The summed E-state index contributed by atoms with van der Waals surface area (Å²) >= 11 is 7.61. The molecule has 170 valence electrons. The fourth-order valence-corrected chi connectivity index (χ4v) is 6.06. The minimum Gasteiger partial charge on any atom is -0.488 e. The Labute approximate surface area is 198 Å². The largest absolute Gasteiger partial charge is 0.488 e. The Morgan fingerprint density at radius 1 is 1.28 bits per heavy atom. The van der Waals surface area contributed by atoms with Crippen molar-refractivity contribution >= 4 is 38.1 Å². The van der Waals surface area contributed by atoms with Gasteiger partial charge < -0.3 is 4.74 Å². The molecule has 32 heavy (non-hydrogen) atoms. The lowest BCUT2D eigenvalue weighted by Crippen LogP contribution is -2.44. The number of anilines is 1. The normalized spacial score (nSPS) is 19.6. The van der Waals surface area contributed by atoms with E-state index in [1.807, 2.05) is 0 Å². The molecular weight excluding hydrogens is 466 g/mol. The second kappa shape index (κ2) is 9.79. The lowest BCUT2D eigenvalue weighted by Gasteiger charge is -2.37. The highest BCUT2D eigenvalue weighted by Crippen LogP contribution is 2.32. The number of hydrogen-bond acceptors (Lipinski definition) is 6. The number of sulfonamides is 1. The maximum atomic E-state index is 12.6. The van der Waals surface area contributed by atoms with Crippen molar-refractivity contribution < 1.29 is 13.2 Å². The maximum absolute atomic E-state index is 12.6. The summed E-state index contributed by atoms with van der Waals surface area (Å²) in [6.07, 6.45) is 2.45. The average Bonchev–Trinajstić information content (AvgIpc) is 3.23. The predicted octanol–water partition coefficient (Wildman–Crippen LogP) is 5.20. The van der Waals surface area contributed by atoms with Crippen LogP contribution in [0.25, 0.3) is 0 Å². The third-order valence-corrected chi connectivity index (χ3v) is 8.00. The van der Waals surface area contributed by atoms with E-state index >= 15 is 0 Å². The van der Waals surface area contributed by atoms with Crippen molar-refractivity contribution in [2.75, 3.05) is 17.8 Å². The summed E-state index contributed by atoms with van der Waals surface area (Å²) < 4.78 is 33.8. The van der Waals surface area contributed by atoms with Gasteiger partial charge in [-0.3, -0.25) is 9.62 Å². The predicted molar refractivity (Wildman–Crippen MR) is 129 cm³/mol. The Morgan fingerprint density at radius 2 is 2.12 bits per heavy atom. The summed E-state index contributed by atoms with van der Waals surface area (Å²) in [5.41, 5.74) is 2.60. The van der Waals surface area contributed by atoms with Crippen molar-refractivity contribution in [2.45, 2.75) is 37.8 Å². The van der Waals surface area contributed by atoms with Gasteiger partial charge in [0, 0.05) is 37.1 Å². The Kier molecular flexibility index (Phi) is 7.05. The number of thiazole rings is 1. The van der Waals surface area contributed by atoms with Crippen LogP contribution in [-0.4, -0.2) is 37.5 Å². The SMILES string of the molecule is Cc1cccc(CN2CC[C@@H](Oc3ccc(S(=O)(=O)Nc4nccs4)cc3Cl)[C@@H](C)C2)c1. The van der Waals surface area contributed by atoms with Crippen molar-refractivity contribution in [1.29, 1.82) is 0 Å². The van der Waals surface area contributed by atoms with Gasteiger partial charge in [0.25, 0.3) is 10.0 Å². The quantitative estimate of drug-likeness (QED) is 0.492. The average molecular weight is 492 g/mol. The zero-order valence-electron chi connectivity index (χ0n) is 18.0. The molecule has 0 unspecified atom stereocenters. The van der Waals surface area contributed by atoms with E-state index in [0.717, 1.165) is 26.1 Å². The third-order valence-electron chi connectivity index (χ3n) is 5.55. The first-order valence-corrected chi connectivity index (χ1v) is 13.2. The van der Waals surface area contributed by atoms with Crippen LogP contribution in [0.2, 0.25) is 5.02 Å². The molecule has 1 N–H and O–H groups in total. The van der Waals surface area contributed by atoms with Crippen LogP contribution < -0.4 is 9.46 Å². The van der Waals surface area contributed by atoms with Crippen LogP contribution in [0.5, 0.6) is 5.75 Å². The van der Waals surface area contributed by atoms with Crippen molar-refractivity contribution in [3.05, 3.63) is 70.2 Å². The zero-order chi connectivity index (χ0) is 22.7. The summed E-state index contributed by atoms with van der Waals surface area (Å²) in [6, 6.07) is 13.2. The highest BCUT2D eigenvalue weighted by Gasteiger charge is 2.28. The second-order valence-electron chi connectivity index (χ2n) is 8.18. The number of nitrogens with zero attached hydrogens (tertiary/aromatic N) is 2. The molecular formula is C23H26ClN3O3S2. The molecule has 1 saturated heterocycles. The molecule has 3 aromatic rings. The highest BCUT2D eigenvalue weighted by atomic mass is 35.5. The molecule has 0 amide bonds. The van der Waals surface area contributed by atoms with E-state index in [0.29, 0.717) is 16.8 Å². The van der Waals surface area contributed by atoms with Crippen LogP contribution in [0.1, 0.15) is 24.5 Å². The molecule has 1 aliphatic rings. The topological polar surface area (TPSA) is 71.5 Å². The molecule has 0 aliphatic carbocycles. The Morgan fingerprint density at radius 3 is 2.81 bits per heavy atom. The zero-order valence-corrected chi connectivity index (χ0v) is 20.4. The first-order chi connectivity index (χ1) is 15.3. The fourth-order valence-electron chi connectivity index (χ4n) is 3.95. The van der Waals surface area contributed by atoms with E-state index in [1.165, 1.54) is 34.6 Å². The Bertz CT molecular complexity index is 1170. The number of aryl methyl sites for hydroxylation is 1. The smallest absolute Gasteiger partial charge is 0.263 e. The lowest BCUT2D eigenvalue weighted by atomic mass is 9.96. The van der Waals surface area contributed by atoms with Crippen LogP contribution in [0.4, 0.5) is 5.13 Å². The van der Waals surface area contributed by atoms with E-state index in [4.69, 9.17) is 16.3 Å². The van der Waals surface area contributed by atoms with Gasteiger partial charge in [-0.05, 0) is 37.1 Å². The molecule has 2 aromatic carbocycles. The first-order valence-electron chi connectivity index (χ1n) is 10.5. The summed E-state index contributed by atoms with van der Waals surface area (Å²) in [5.74, 6) is 0.823. The number of benzene rings is 2. The minimum atomic E-state index is -3.76. The summed E-state index contributed by atoms with van der Waals surface area (Å²) in [6.45, 7) is 7.09. The van der Waals surface area contributed by atoms with Gasteiger partial charge >= 0.3 is 0 Å². The monoisotopic (exact) mass is 491 g/mol. The Hall–Kier alpha value is -2.13. The third kappa shape index (κ3) is 5.61. The van der Waals surface area contributed by atoms with Crippen molar-refractivity contribution in [2.24, 2.45) is 5.92 Å².